The van der Waals surface area contributed by atoms with E-state index >= 15 is 0 Å². The molecule has 3 N–H and O–H groups in total. The van der Waals surface area contributed by atoms with E-state index in [2.05, 4.69) is 20.6 Å². The summed E-state index contributed by atoms with van der Waals surface area (Å²) in [5.41, 5.74) is -0.923. The monoisotopic (exact) mass is 503 g/mol. The smallest absolute Gasteiger partial charge is 0.280 e. The van der Waals surface area contributed by atoms with Crippen LogP contribution in [0.2, 0.25) is 0 Å². The predicted molar refractivity (Wildman–Crippen MR) is 119 cm³/mol. The molecule has 3 heterocycles. The van der Waals surface area contributed by atoms with Gasteiger partial charge in [0, 0.05) is 42.9 Å². The van der Waals surface area contributed by atoms with E-state index in [0.29, 0.717) is 17.9 Å². The van der Waals surface area contributed by atoms with Gasteiger partial charge in [-0.1, -0.05) is 6.92 Å². The Morgan fingerprint density at radius 1 is 1.35 bits per heavy atom. The van der Waals surface area contributed by atoms with Crippen LogP contribution in [0.5, 0.6) is 0 Å². The largest absolute Gasteiger partial charge is 0.395 e. The molecule has 0 spiro atoms. The van der Waals surface area contributed by atoms with Gasteiger partial charge >= 0.3 is 0 Å². The maximum absolute atomic E-state index is 14.0. The van der Waals surface area contributed by atoms with Crippen molar-refractivity contribution in [3.8, 4) is 10.4 Å². The molecule has 34 heavy (non-hydrogen) atoms. The van der Waals surface area contributed by atoms with E-state index in [4.69, 9.17) is 5.11 Å². The Bertz CT molecular complexity index is 1050. The number of pyridine rings is 1. The van der Waals surface area contributed by atoms with Gasteiger partial charge in [-0.15, -0.1) is 11.3 Å². The first kappa shape index (κ1) is 25.8. The van der Waals surface area contributed by atoms with Crippen molar-refractivity contribution in [3.05, 3.63) is 28.5 Å². The number of amides is 2. The number of carbonyl (C=O) groups is 2. The third-order valence-electron chi connectivity index (χ3n) is 5.18. The molecule has 1 atom stereocenters. The lowest BCUT2D eigenvalue weighted by Gasteiger charge is -2.20. The Kier molecular flexibility index (Phi) is 8.08. The van der Waals surface area contributed by atoms with E-state index in [-0.39, 0.29) is 40.1 Å². The van der Waals surface area contributed by atoms with Crippen molar-refractivity contribution in [2.24, 2.45) is 0 Å². The lowest BCUT2D eigenvalue weighted by atomic mass is 10.1. The fourth-order valence-corrected chi connectivity index (χ4v) is 4.61. The fraction of sp³-hybridized carbons (Fsp3) is 0.524. The van der Waals surface area contributed by atoms with Crippen LogP contribution in [0.15, 0.2) is 12.3 Å². The molecule has 8 nitrogen and oxygen atoms in total. The first-order chi connectivity index (χ1) is 16.1. The zero-order valence-corrected chi connectivity index (χ0v) is 19.4. The van der Waals surface area contributed by atoms with Crippen LogP contribution in [-0.2, 0) is 0 Å². The molecule has 3 rings (SSSR count). The number of aromatic nitrogens is 2. The number of likely N-dealkylation sites (tertiary alicyclic amines) is 1. The van der Waals surface area contributed by atoms with Gasteiger partial charge in [-0.3, -0.25) is 9.59 Å². The molecule has 0 aromatic carbocycles. The number of hydrogen-bond acceptors (Lipinski definition) is 7. The van der Waals surface area contributed by atoms with Crippen LogP contribution in [0, 0.1) is 0 Å². The Balaban J connectivity index is 2.09. The minimum absolute atomic E-state index is 0.0635. The highest BCUT2D eigenvalue weighted by Crippen LogP contribution is 2.40. The molecule has 2 aromatic rings. The number of rotatable bonds is 9. The number of anilines is 1. The molecule has 186 valence electrons. The van der Waals surface area contributed by atoms with Crippen molar-refractivity contribution in [2.45, 2.75) is 45.1 Å². The summed E-state index contributed by atoms with van der Waals surface area (Å²) >= 11 is 0.681. The van der Waals surface area contributed by atoms with Crippen molar-refractivity contribution < 1.29 is 32.3 Å². The second-order valence-corrected chi connectivity index (χ2v) is 8.90. The number of carbonyl (C=O) groups excluding carboxylic acids is 2. The Hall–Kier alpha value is -2.80. The summed E-state index contributed by atoms with van der Waals surface area (Å²) < 4.78 is 55.8. The molecule has 1 saturated heterocycles. The summed E-state index contributed by atoms with van der Waals surface area (Å²) in [6, 6.07) is 0.346. The summed E-state index contributed by atoms with van der Waals surface area (Å²) in [6.45, 7) is 2.60. The van der Waals surface area contributed by atoms with Gasteiger partial charge in [-0.25, -0.2) is 27.5 Å². The lowest BCUT2D eigenvalue weighted by molar-refractivity contribution is 0.0118. The maximum Gasteiger partial charge on any atom is 0.280 e. The molecule has 13 heteroatoms. The summed E-state index contributed by atoms with van der Waals surface area (Å²) in [7, 11) is 0. The molecule has 1 unspecified atom stereocenters. The van der Waals surface area contributed by atoms with Gasteiger partial charge < -0.3 is 20.6 Å². The van der Waals surface area contributed by atoms with Gasteiger partial charge in [0.25, 0.3) is 24.2 Å². The number of thiazole rings is 1. The van der Waals surface area contributed by atoms with Crippen LogP contribution in [0.25, 0.3) is 10.4 Å². The van der Waals surface area contributed by atoms with Gasteiger partial charge in [-0.2, -0.15) is 0 Å². The Labute approximate surface area is 197 Å². The first-order valence-corrected chi connectivity index (χ1v) is 11.5. The van der Waals surface area contributed by atoms with Gasteiger partial charge in [0.1, 0.15) is 11.5 Å². The van der Waals surface area contributed by atoms with Crippen LogP contribution in [-0.4, -0.2) is 70.0 Å². The highest BCUT2D eigenvalue weighted by molar-refractivity contribution is 7.17. The van der Waals surface area contributed by atoms with Crippen molar-refractivity contribution in [2.75, 3.05) is 31.6 Å². The first-order valence-electron chi connectivity index (χ1n) is 10.7. The van der Waals surface area contributed by atoms with Crippen LogP contribution >= 0.6 is 11.3 Å². The zero-order valence-electron chi connectivity index (χ0n) is 18.6. The number of aliphatic hydroxyl groups is 1. The summed E-state index contributed by atoms with van der Waals surface area (Å²) in [5, 5.41) is 14.0. The molecule has 2 amide bonds. The quantitative estimate of drug-likeness (QED) is 0.452. The molecular weight excluding hydrogens is 478 g/mol. The molecule has 1 aliphatic heterocycles. The van der Waals surface area contributed by atoms with Crippen molar-refractivity contribution in [3.63, 3.8) is 0 Å². The van der Waals surface area contributed by atoms with Crippen LogP contribution in [0.1, 0.15) is 59.0 Å². The summed E-state index contributed by atoms with van der Waals surface area (Å²) in [4.78, 5) is 34.7. The normalized spacial score (nSPS) is 17.3. The van der Waals surface area contributed by atoms with Gasteiger partial charge in [0.05, 0.1) is 18.0 Å². The average molecular weight is 504 g/mol. The summed E-state index contributed by atoms with van der Waals surface area (Å²) in [6.07, 6.45) is -1.58. The lowest BCUT2D eigenvalue weighted by Crippen LogP contribution is -2.35. The molecule has 0 bridgehead atoms. The van der Waals surface area contributed by atoms with Crippen molar-refractivity contribution in [1.82, 2.24) is 20.2 Å². The number of nitrogens with zero attached hydrogens (tertiary/aromatic N) is 3. The zero-order chi connectivity index (χ0) is 25.0. The number of aliphatic hydroxyl groups excluding tert-OH is 1. The van der Waals surface area contributed by atoms with Gasteiger partial charge in [0.15, 0.2) is 5.01 Å². The Morgan fingerprint density at radius 2 is 2.09 bits per heavy atom. The van der Waals surface area contributed by atoms with Gasteiger partial charge in [-0.05, 0) is 19.4 Å². The summed E-state index contributed by atoms with van der Waals surface area (Å²) in [5.74, 6) is -4.49. The maximum atomic E-state index is 14.0. The van der Waals surface area contributed by atoms with Crippen LogP contribution in [0.4, 0.5) is 23.4 Å². The topological polar surface area (TPSA) is 107 Å². The van der Waals surface area contributed by atoms with E-state index in [1.807, 2.05) is 6.92 Å². The van der Waals surface area contributed by atoms with E-state index in [9.17, 15) is 27.2 Å². The molecule has 1 fully saturated rings. The molecule has 1 aliphatic rings. The van der Waals surface area contributed by atoms with E-state index in [1.165, 1.54) is 6.92 Å². The molecular formula is C21H25F4N5O3S. The average Bonchev–Trinajstić information content (AvgIpc) is 3.35. The highest BCUT2D eigenvalue weighted by Gasteiger charge is 2.46. The van der Waals surface area contributed by atoms with Crippen molar-refractivity contribution >= 4 is 29.0 Å². The van der Waals surface area contributed by atoms with Crippen LogP contribution < -0.4 is 10.6 Å². The van der Waals surface area contributed by atoms with E-state index in [0.717, 1.165) is 23.6 Å². The van der Waals surface area contributed by atoms with E-state index < -0.39 is 48.7 Å². The number of halogens is 4. The second kappa shape index (κ2) is 10.6. The predicted octanol–water partition coefficient (Wildman–Crippen LogP) is 3.56. The fourth-order valence-electron chi connectivity index (χ4n) is 3.60. The molecule has 0 aliphatic carbocycles. The third-order valence-corrected chi connectivity index (χ3v) is 6.27. The van der Waals surface area contributed by atoms with Crippen molar-refractivity contribution in [1.29, 1.82) is 0 Å². The SMILES string of the molecule is CCCNc1cc(C(F)F)c(-c2sc(C(=O)NCCO)nc2C(=O)N2CC(F)(F)CC2C)cn1. The number of hydrogen-bond donors (Lipinski definition) is 3. The standard InChI is InChI=1S/C21H25F4N5O3S/c1-3-4-26-14-7-12(17(22)23)13(9-28-14)16-15(29-19(34-16)18(32)27-5-6-31)20(33)30-10-21(24,25)8-11(30)2/h7,9,11,17,31H,3-6,8,10H2,1-2H3,(H,26,28)(H,27,32). The van der Waals surface area contributed by atoms with Gasteiger partial charge in [0.2, 0.25) is 0 Å². The van der Waals surface area contributed by atoms with E-state index in [1.54, 1.807) is 0 Å². The third kappa shape index (κ3) is 5.63. The molecule has 0 saturated carbocycles. The highest BCUT2D eigenvalue weighted by atomic mass is 32.1. The Morgan fingerprint density at radius 3 is 2.68 bits per heavy atom. The number of nitrogens with one attached hydrogen (secondary N) is 2. The molecule has 0 radical (unpaired) electrons. The minimum Gasteiger partial charge on any atom is -0.395 e. The van der Waals surface area contributed by atoms with Crippen LogP contribution in [0.3, 0.4) is 0 Å². The number of alkyl halides is 4. The second-order valence-electron chi connectivity index (χ2n) is 7.90. The molecule has 2 aromatic heterocycles. The minimum atomic E-state index is -3.09.